The summed E-state index contributed by atoms with van der Waals surface area (Å²) in [5.74, 6) is 0.597. The second kappa shape index (κ2) is 9.12. The lowest BCUT2D eigenvalue weighted by atomic mass is 9.92. The van der Waals surface area contributed by atoms with Crippen molar-refractivity contribution < 1.29 is 14.3 Å². The van der Waals surface area contributed by atoms with Gasteiger partial charge in [0.05, 0.1) is 0 Å². The Balaban J connectivity index is 1.29. The van der Waals surface area contributed by atoms with E-state index in [4.69, 9.17) is 4.74 Å². The van der Waals surface area contributed by atoms with Crippen LogP contribution in [0.3, 0.4) is 0 Å². The average molecular weight is 392 g/mol. The summed E-state index contributed by atoms with van der Waals surface area (Å²) in [7, 11) is 0. The van der Waals surface area contributed by atoms with Crippen LogP contribution in [0.15, 0.2) is 42.5 Å². The van der Waals surface area contributed by atoms with E-state index in [2.05, 4.69) is 17.4 Å². The van der Waals surface area contributed by atoms with Crippen molar-refractivity contribution in [3.8, 4) is 5.75 Å². The Labute approximate surface area is 172 Å². The molecule has 4 rings (SSSR count). The van der Waals surface area contributed by atoms with Crippen LogP contribution >= 0.6 is 0 Å². The Morgan fingerprint density at radius 1 is 0.862 bits per heavy atom. The maximum Gasteiger partial charge on any atom is 0.262 e. The highest BCUT2D eigenvalue weighted by Crippen LogP contribution is 2.25. The van der Waals surface area contributed by atoms with Crippen LogP contribution in [0.4, 0.5) is 5.69 Å². The van der Waals surface area contributed by atoms with Crippen molar-refractivity contribution in [2.75, 3.05) is 25.0 Å². The van der Waals surface area contributed by atoms with E-state index in [-0.39, 0.29) is 18.4 Å². The second-order valence-corrected chi connectivity index (χ2v) is 7.90. The van der Waals surface area contributed by atoms with Crippen LogP contribution in [0.25, 0.3) is 0 Å². The zero-order chi connectivity index (χ0) is 20.1. The third-order valence-corrected chi connectivity index (χ3v) is 5.75. The molecule has 1 fully saturated rings. The second-order valence-electron chi connectivity index (χ2n) is 7.90. The van der Waals surface area contributed by atoms with Crippen LogP contribution < -0.4 is 10.1 Å². The quantitative estimate of drug-likeness (QED) is 0.829. The molecular formula is C24H28N2O3. The topological polar surface area (TPSA) is 58.6 Å². The van der Waals surface area contributed by atoms with Gasteiger partial charge in [-0.2, -0.15) is 0 Å². The number of ether oxygens (including phenoxy) is 1. The summed E-state index contributed by atoms with van der Waals surface area (Å²) in [6.45, 7) is 1.63. The molecule has 29 heavy (non-hydrogen) atoms. The lowest BCUT2D eigenvalue weighted by Gasteiger charge is -2.26. The van der Waals surface area contributed by atoms with Gasteiger partial charge in [0.2, 0.25) is 0 Å². The molecule has 0 saturated carbocycles. The van der Waals surface area contributed by atoms with E-state index < -0.39 is 0 Å². The fourth-order valence-corrected chi connectivity index (χ4v) is 4.12. The van der Waals surface area contributed by atoms with Crippen molar-refractivity contribution in [3.05, 3.63) is 59.2 Å². The zero-order valence-electron chi connectivity index (χ0n) is 16.8. The van der Waals surface area contributed by atoms with Gasteiger partial charge in [-0.05, 0) is 92.5 Å². The molecule has 1 N–H and O–H groups in total. The number of fused-ring (bicyclic) bond motifs is 1. The van der Waals surface area contributed by atoms with Crippen LogP contribution in [0.1, 0.15) is 53.6 Å². The summed E-state index contributed by atoms with van der Waals surface area (Å²) < 4.78 is 5.67. The highest BCUT2D eigenvalue weighted by Gasteiger charge is 2.18. The summed E-state index contributed by atoms with van der Waals surface area (Å²) in [6.07, 6.45) is 8.02. The van der Waals surface area contributed by atoms with Gasteiger partial charge in [-0.25, -0.2) is 0 Å². The van der Waals surface area contributed by atoms with Gasteiger partial charge in [0.25, 0.3) is 11.8 Å². The lowest BCUT2D eigenvalue weighted by Crippen LogP contribution is -2.35. The largest absolute Gasteiger partial charge is 0.484 e. The Morgan fingerprint density at radius 2 is 1.59 bits per heavy atom. The van der Waals surface area contributed by atoms with Crippen molar-refractivity contribution in [2.45, 2.75) is 44.9 Å². The molecule has 2 aromatic rings. The number of piperidine rings is 1. The first kappa shape index (κ1) is 19.5. The Morgan fingerprint density at radius 3 is 2.34 bits per heavy atom. The number of carbonyl (C=O) groups excluding carboxylic acids is 2. The molecule has 5 heteroatoms. The fraction of sp³-hybridized carbons (Fsp3) is 0.417. The minimum Gasteiger partial charge on any atom is -0.484 e. The maximum absolute atomic E-state index is 12.5. The molecule has 0 unspecified atom stereocenters. The molecule has 5 nitrogen and oxygen atoms in total. The van der Waals surface area contributed by atoms with Crippen LogP contribution in [-0.4, -0.2) is 36.4 Å². The number of amides is 2. The minimum absolute atomic E-state index is 0.0345. The molecule has 1 aliphatic heterocycles. The SMILES string of the molecule is O=C(COc1ccc2c(c1)CCCC2)Nc1ccc(C(=O)N2CCCCC2)cc1. The third kappa shape index (κ3) is 4.97. The smallest absolute Gasteiger partial charge is 0.262 e. The van der Waals surface area contributed by atoms with E-state index >= 15 is 0 Å². The first-order valence-electron chi connectivity index (χ1n) is 10.6. The van der Waals surface area contributed by atoms with E-state index in [1.165, 1.54) is 30.4 Å². The van der Waals surface area contributed by atoms with Crippen molar-refractivity contribution in [2.24, 2.45) is 0 Å². The van der Waals surface area contributed by atoms with Crippen molar-refractivity contribution in [3.63, 3.8) is 0 Å². The van der Waals surface area contributed by atoms with Crippen LogP contribution in [0, 0.1) is 0 Å². The molecule has 2 amide bonds. The summed E-state index contributed by atoms with van der Waals surface area (Å²) in [5.41, 5.74) is 4.06. The van der Waals surface area contributed by atoms with E-state index in [1.807, 2.05) is 11.0 Å². The molecule has 1 aliphatic carbocycles. The van der Waals surface area contributed by atoms with Crippen LogP contribution in [-0.2, 0) is 17.6 Å². The van der Waals surface area contributed by atoms with E-state index in [1.54, 1.807) is 24.3 Å². The predicted molar refractivity (Wildman–Crippen MR) is 113 cm³/mol. The molecule has 0 spiro atoms. The first-order chi connectivity index (χ1) is 14.2. The zero-order valence-corrected chi connectivity index (χ0v) is 16.8. The first-order valence-corrected chi connectivity index (χ1v) is 10.6. The average Bonchev–Trinajstić information content (AvgIpc) is 2.78. The molecule has 0 aromatic heterocycles. The molecular weight excluding hydrogens is 364 g/mol. The van der Waals surface area contributed by atoms with Crippen molar-refractivity contribution in [1.29, 1.82) is 0 Å². The number of nitrogens with one attached hydrogen (secondary N) is 1. The number of hydrogen-bond donors (Lipinski definition) is 1. The molecule has 0 radical (unpaired) electrons. The molecule has 1 saturated heterocycles. The summed E-state index contributed by atoms with van der Waals surface area (Å²) in [4.78, 5) is 26.6. The van der Waals surface area contributed by atoms with Crippen molar-refractivity contribution >= 4 is 17.5 Å². The standard InChI is InChI=1S/C24H28N2O3/c27-23(17-29-22-13-10-18-6-2-3-7-20(18)16-22)25-21-11-8-19(9-12-21)24(28)26-14-4-1-5-15-26/h8-13,16H,1-7,14-15,17H2,(H,25,27). The van der Waals surface area contributed by atoms with Crippen LogP contribution in [0.5, 0.6) is 5.75 Å². The summed E-state index contributed by atoms with van der Waals surface area (Å²) in [5, 5.41) is 2.83. The molecule has 0 bridgehead atoms. The van der Waals surface area contributed by atoms with Gasteiger partial charge in [-0.3, -0.25) is 9.59 Å². The highest BCUT2D eigenvalue weighted by molar-refractivity contribution is 5.96. The lowest BCUT2D eigenvalue weighted by molar-refractivity contribution is -0.118. The number of nitrogens with zero attached hydrogens (tertiary/aromatic N) is 1. The van der Waals surface area contributed by atoms with Gasteiger partial charge >= 0.3 is 0 Å². The summed E-state index contributed by atoms with van der Waals surface area (Å²) in [6, 6.07) is 13.2. The molecule has 2 aliphatic rings. The fourth-order valence-electron chi connectivity index (χ4n) is 4.12. The molecule has 0 atom stereocenters. The predicted octanol–water partition coefficient (Wildman–Crippen LogP) is 4.21. The monoisotopic (exact) mass is 392 g/mol. The number of likely N-dealkylation sites (tertiary alicyclic amines) is 1. The maximum atomic E-state index is 12.5. The molecule has 2 aromatic carbocycles. The minimum atomic E-state index is -0.210. The van der Waals surface area contributed by atoms with Gasteiger partial charge in [0.1, 0.15) is 5.75 Å². The number of rotatable bonds is 5. The van der Waals surface area contributed by atoms with Crippen molar-refractivity contribution in [1.82, 2.24) is 4.90 Å². The Bertz CT molecular complexity index is 870. The van der Waals surface area contributed by atoms with Crippen LogP contribution in [0.2, 0.25) is 0 Å². The van der Waals surface area contributed by atoms with Gasteiger partial charge in [0, 0.05) is 24.3 Å². The van der Waals surface area contributed by atoms with Gasteiger partial charge in [0.15, 0.2) is 6.61 Å². The van der Waals surface area contributed by atoms with Gasteiger partial charge < -0.3 is 15.0 Å². The molecule has 152 valence electrons. The Hall–Kier alpha value is -2.82. The van der Waals surface area contributed by atoms with E-state index in [0.717, 1.165) is 44.5 Å². The van der Waals surface area contributed by atoms with E-state index in [9.17, 15) is 9.59 Å². The molecule has 1 heterocycles. The normalized spacial score (nSPS) is 16.1. The summed E-state index contributed by atoms with van der Waals surface area (Å²) >= 11 is 0. The number of hydrogen-bond acceptors (Lipinski definition) is 3. The Kier molecular flexibility index (Phi) is 6.13. The number of benzene rings is 2. The highest BCUT2D eigenvalue weighted by atomic mass is 16.5. The van der Waals surface area contributed by atoms with Gasteiger partial charge in [-0.15, -0.1) is 0 Å². The van der Waals surface area contributed by atoms with Gasteiger partial charge in [-0.1, -0.05) is 6.07 Å². The number of anilines is 1. The third-order valence-electron chi connectivity index (χ3n) is 5.75. The number of carbonyl (C=O) groups is 2. The van der Waals surface area contributed by atoms with E-state index in [0.29, 0.717) is 11.3 Å². The number of aryl methyl sites for hydroxylation is 2.